The average molecular weight is 314 g/mol. The summed E-state index contributed by atoms with van der Waals surface area (Å²) in [7, 11) is 0. The van der Waals surface area contributed by atoms with E-state index < -0.39 is 0 Å². The zero-order valence-electron chi connectivity index (χ0n) is 12.5. The molecule has 0 aliphatic carbocycles. The van der Waals surface area contributed by atoms with Crippen LogP contribution in [0, 0.1) is 5.82 Å². The molecule has 1 atom stereocenters. The molecule has 1 N–H and O–H groups in total. The normalized spacial score (nSPS) is 12.1. The van der Waals surface area contributed by atoms with Gasteiger partial charge >= 0.3 is 0 Å². The number of rotatable bonds is 5. The molecule has 118 valence electrons. The highest BCUT2D eigenvalue weighted by Crippen LogP contribution is 2.19. The highest BCUT2D eigenvalue weighted by atomic mass is 19.1. The summed E-state index contributed by atoms with van der Waals surface area (Å²) < 4.78 is 23.7. The van der Waals surface area contributed by atoms with E-state index in [4.69, 9.17) is 9.15 Å². The maximum atomic E-state index is 12.8. The smallest absolute Gasteiger partial charge is 0.258 e. The van der Waals surface area contributed by atoms with Crippen LogP contribution >= 0.6 is 0 Å². The van der Waals surface area contributed by atoms with E-state index in [-0.39, 0.29) is 24.4 Å². The van der Waals surface area contributed by atoms with Crippen LogP contribution in [0.2, 0.25) is 0 Å². The van der Waals surface area contributed by atoms with Gasteiger partial charge < -0.3 is 14.5 Å². The van der Waals surface area contributed by atoms with Crippen LogP contribution in [0.4, 0.5) is 4.39 Å². The minimum absolute atomic E-state index is 0.170. The Labute approximate surface area is 132 Å². The molecule has 6 heteroatoms. The van der Waals surface area contributed by atoms with E-state index in [1.807, 2.05) is 24.3 Å². The Morgan fingerprint density at radius 2 is 2.00 bits per heavy atom. The van der Waals surface area contributed by atoms with Gasteiger partial charge in [-0.05, 0) is 43.3 Å². The molecule has 3 aromatic rings. The monoisotopic (exact) mass is 314 g/mol. The number of hydrogen-bond acceptors (Lipinski definition) is 4. The molecule has 0 bridgehead atoms. The highest BCUT2D eigenvalue weighted by molar-refractivity contribution is 5.78. The van der Waals surface area contributed by atoms with Crippen molar-refractivity contribution in [2.45, 2.75) is 13.0 Å². The van der Waals surface area contributed by atoms with Gasteiger partial charge in [-0.1, -0.05) is 12.1 Å². The SMILES string of the molecule is CC(NC(=O)COc1ccc(F)cc1)c1nc2ccccc2o1. The number of carbonyl (C=O) groups excluding carboxylic acids is 1. The van der Waals surface area contributed by atoms with Gasteiger partial charge in [-0.2, -0.15) is 0 Å². The third-order valence-electron chi connectivity index (χ3n) is 3.24. The summed E-state index contributed by atoms with van der Waals surface area (Å²) in [6.07, 6.45) is 0. The van der Waals surface area contributed by atoms with E-state index in [9.17, 15) is 9.18 Å². The Kier molecular flexibility index (Phi) is 4.23. The first-order valence-electron chi connectivity index (χ1n) is 7.15. The lowest BCUT2D eigenvalue weighted by Crippen LogP contribution is -2.31. The largest absolute Gasteiger partial charge is 0.484 e. The lowest BCUT2D eigenvalue weighted by Gasteiger charge is -2.11. The number of oxazole rings is 1. The number of benzene rings is 2. The molecule has 1 heterocycles. The number of para-hydroxylation sites is 2. The van der Waals surface area contributed by atoms with Crippen LogP contribution in [0.15, 0.2) is 52.9 Å². The van der Waals surface area contributed by atoms with Crippen molar-refractivity contribution in [3.63, 3.8) is 0 Å². The van der Waals surface area contributed by atoms with Gasteiger partial charge in [0.25, 0.3) is 5.91 Å². The number of hydrogen-bond donors (Lipinski definition) is 1. The van der Waals surface area contributed by atoms with E-state index >= 15 is 0 Å². The Morgan fingerprint density at radius 3 is 2.74 bits per heavy atom. The van der Waals surface area contributed by atoms with Crippen molar-refractivity contribution < 1.29 is 18.3 Å². The van der Waals surface area contributed by atoms with Gasteiger partial charge in [-0.25, -0.2) is 9.37 Å². The summed E-state index contributed by atoms with van der Waals surface area (Å²) in [6.45, 7) is 1.61. The summed E-state index contributed by atoms with van der Waals surface area (Å²) in [4.78, 5) is 16.2. The van der Waals surface area contributed by atoms with E-state index in [1.165, 1.54) is 24.3 Å². The second kappa shape index (κ2) is 6.48. The maximum Gasteiger partial charge on any atom is 0.258 e. The van der Waals surface area contributed by atoms with Gasteiger partial charge in [0.05, 0.1) is 0 Å². The summed E-state index contributed by atoms with van der Waals surface area (Å²) >= 11 is 0. The molecule has 3 rings (SSSR count). The maximum absolute atomic E-state index is 12.8. The number of aromatic nitrogens is 1. The van der Waals surface area contributed by atoms with Crippen molar-refractivity contribution in [3.05, 3.63) is 60.2 Å². The lowest BCUT2D eigenvalue weighted by atomic mass is 10.3. The summed E-state index contributed by atoms with van der Waals surface area (Å²) in [5, 5.41) is 2.74. The third-order valence-corrected chi connectivity index (χ3v) is 3.24. The second-order valence-corrected chi connectivity index (χ2v) is 5.05. The number of nitrogens with one attached hydrogen (secondary N) is 1. The molecule has 5 nitrogen and oxygen atoms in total. The Hall–Kier alpha value is -2.89. The molecule has 0 aliphatic heterocycles. The molecule has 0 fully saturated rings. The number of ether oxygens (including phenoxy) is 1. The van der Waals surface area contributed by atoms with Crippen molar-refractivity contribution in [1.82, 2.24) is 10.3 Å². The molecule has 0 radical (unpaired) electrons. The van der Waals surface area contributed by atoms with Crippen molar-refractivity contribution in [2.75, 3.05) is 6.61 Å². The summed E-state index contributed by atoms with van der Waals surface area (Å²) in [5.74, 6) is 0.188. The first-order chi connectivity index (χ1) is 11.1. The molecule has 1 aromatic heterocycles. The molecule has 2 aromatic carbocycles. The molecule has 0 spiro atoms. The molecule has 0 saturated carbocycles. The first-order valence-corrected chi connectivity index (χ1v) is 7.15. The molecular formula is C17H15FN2O3. The molecular weight excluding hydrogens is 299 g/mol. The van der Waals surface area contributed by atoms with Gasteiger partial charge in [0, 0.05) is 0 Å². The molecule has 1 amide bonds. The van der Waals surface area contributed by atoms with Crippen molar-refractivity contribution in [3.8, 4) is 5.75 Å². The summed E-state index contributed by atoms with van der Waals surface area (Å²) in [6, 6.07) is 12.5. The van der Waals surface area contributed by atoms with Crippen LogP contribution in [0.5, 0.6) is 5.75 Å². The van der Waals surface area contributed by atoms with E-state index in [0.717, 1.165) is 5.52 Å². The van der Waals surface area contributed by atoms with Crippen LogP contribution in [0.3, 0.4) is 0 Å². The van der Waals surface area contributed by atoms with Crippen molar-refractivity contribution in [1.29, 1.82) is 0 Å². The van der Waals surface area contributed by atoms with Crippen LogP contribution in [-0.2, 0) is 4.79 Å². The standard InChI is InChI=1S/C17H15FN2O3/c1-11(17-20-14-4-2-3-5-15(14)23-17)19-16(21)10-22-13-8-6-12(18)7-9-13/h2-9,11H,10H2,1H3,(H,19,21). The zero-order valence-corrected chi connectivity index (χ0v) is 12.5. The third kappa shape index (κ3) is 3.66. The van der Waals surface area contributed by atoms with Crippen LogP contribution in [-0.4, -0.2) is 17.5 Å². The topological polar surface area (TPSA) is 64.4 Å². The Morgan fingerprint density at radius 1 is 1.26 bits per heavy atom. The van der Waals surface area contributed by atoms with Gasteiger partial charge in [0.2, 0.25) is 5.89 Å². The minimum atomic E-state index is -0.383. The van der Waals surface area contributed by atoms with Gasteiger partial charge in [-0.15, -0.1) is 0 Å². The van der Waals surface area contributed by atoms with Crippen LogP contribution in [0.25, 0.3) is 11.1 Å². The van der Waals surface area contributed by atoms with Crippen LogP contribution < -0.4 is 10.1 Å². The highest BCUT2D eigenvalue weighted by Gasteiger charge is 2.16. The van der Waals surface area contributed by atoms with E-state index in [2.05, 4.69) is 10.3 Å². The first kappa shape index (κ1) is 15.0. The Balaban J connectivity index is 1.57. The zero-order chi connectivity index (χ0) is 16.2. The van der Waals surface area contributed by atoms with Gasteiger partial charge in [-0.3, -0.25) is 4.79 Å². The fourth-order valence-electron chi connectivity index (χ4n) is 2.10. The van der Waals surface area contributed by atoms with Crippen LogP contribution in [0.1, 0.15) is 18.9 Å². The van der Waals surface area contributed by atoms with Gasteiger partial charge in [0.15, 0.2) is 12.2 Å². The second-order valence-electron chi connectivity index (χ2n) is 5.05. The summed E-state index contributed by atoms with van der Waals surface area (Å²) in [5.41, 5.74) is 1.41. The molecule has 0 aliphatic rings. The number of carbonyl (C=O) groups is 1. The van der Waals surface area contributed by atoms with Crippen molar-refractivity contribution >= 4 is 17.0 Å². The predicted molar refractivity (Wildman–Crippen MR) is 82.5 cm³/mol. The molecule has 0 saturated heterocycles. The van der Waals surface area contributed by atoms with Crippen molar-refractivity contribution in [2.24, 2.45) is 0 Å². The van der Waals surface area contributed by atoms with E-state index in [0.29, 0.717) is 17.2 Å². The molecule has 1 unspecified atom stereocenters. The predicted octanol–water partition coefficient (Wildman–Crippen LogP) is 3.22. The fraction of sp³-hybridized carbons (Fsp3) is 0.176. The number of fused-ring (bicyclic) bond motifs is 1. The number of amides is 1. The number of halogens is 1. The quantitative estimate of drug-likeness (QED) is 0.785. The van der Waals surface area contributed by atoms with Gasteiger partial charge in [0.1, 0.15) is 23.1 Å². The fourth-order valence-corrected chi connectivity index (χ4v) is 2.10. The number of nitrogens with zero attached hydrogens (tertiary/aromatic N) is 1. The van der Waals surface area contributed by atoms with E-state index in [1.54, 1.807) is 6.92 Å². The molecule has 23 heavy (non-hydrogen) atoms. The minimum Gasteiger partial charge on any atom is -0.484 e. The average Bonchev–Trinajstić information content (AvgIpc) is 2.98. The Bertz CT molecular complexity index is 781. The lowest BCUT2D eigenvalue weighted by molar-refractivity contribution is -0.123.